The Bertz CT molecular complexity index is 226. The first-order chi connectivity index (χ1) is 6.34. The first-order valence-corrected chi connectivity index (χ1v) is 4.94. The summed E-state index contributed by atoms with van der Waals surface area (Å²) < 4.78 is 5.02. The van der Waals surface area contributed by atoms with Crippen LogP contribution < -0.4 is 12.4 Å². The van der Waals surface area contributed by atoms with Gasteiger partial charge in [0.05, 0.1) is 33.6 Å². The zero-order chi connectivity index (χ0) is 11.4. The zero-order valence-electron chi connectivity index (χ0n) is 9.42. The number of carbonyl (C=O) groups excluding carboxylic acids is 2. The second kappa shape index (κ2) is 7.04. The van der Waals surface area contributed by atoms with Crippen LogP contribution >= 0.6 is 11.6 Å². The summed E-state index contributed by atoms with van der Waals surface area (Å²) in [6, 6.07) is -0.826. The summed E-state index contributed by atoms with van der Waals surface area (Å²) in [5.74, 6) is -0.984. The van der Waals surface area contributed by atoms with Crippen molar-refractivity contribution < 1.29 is 31.2 Å². The molecule has 0 amide bonds. The van der Waals surface area contributed by atoms with Gasteiger partial charge in [0.2, 0.25) is 11.8 Å². The van der Waals surface area contributed by atoms with Gasteiger partial charge in [0.1, 0.15) is 0 Å². The smallest absolute Gasteiger partial charge is 0.373 e. The van der Waals surface area contributed by atoms with Gasteiger partial charge in [0, 0.05) is 0 Å². The van der Waals surface area contributed by atoms with Gasteiger partial charge in [-0.15, -0.1) is 11.6 Å². The Morgan fingerprint density at radius 1 is 1.33 bits per heavy atom. The third-order valence-corrected chi connectivity index (χ3v) is 1.98. The van der Waals surface area contributed by atoms with Crippen molar-refractivity contribution in [2.45, 2.75) is 13.0 Å². The number of esters is 1. The summed E-state index contributed by atoms with van der Waals surface area (Å²) in [5, 5.41) is 0. The van der Waals surface area contributed by atoms with Crippen molar-refractivity contribution in [3.63, 3.8) is 0 Å². The number of alkyl halides is 1. The van der Waals surface area contributed by atoms with Crippen LogP contribution in [0.5, 0.6) is 0 Å². The summed E-state index contributed by atoms with van der Waals surface area (Å²) in [4.78, 5) is 22.9. The SMILES string of the molecule is CCOC(=O)C(C(=O)CCl)[N+](C)(C)C.[Cl-]. The number of likely N-dealkylation sites (N-methyl/N-ethyl adjacent to an activating group) is 1. The fraction of sp³-hybridized carbons (Fsp3) is 0.778. The maximum Gasteiger partial charge on any atom is 0.373 e. The number of hydrogen-bond acceptors (Lipinski definition) is 3. The lowest BCUT2D eigenvalue weighted by atomic mass is 10.1. The van der Waals surface area contributed by atoms with Crippen molar-refractivity contribution in [1.29, 1.82) is 0 Å². The van der Waals surface area contributed by atoms with Crippen molar-refractivity contribution in [2.75, 3.05) is 33.6 Å². The minimum atomic E-state index is -0.826. The van der Waals surface area contributed by atoms with Gasteiger partial charge in [0.25, 0.3) is 0 Å². The Hall–Kier alpha value is -0.320. The van der Waals surface area contributed by atoms with Gasteiger partial charge >= 0.3 is 5.97 Å². The van der Waals surface area contributed by atoms with Gasteiger partial charge in [-0.25, -0.2) is 4.79 Å². The van der Waals surface area contributed by atoms with Crippen LogP contribution in [0.15, 0.2) is 0 Å². The lowest BCUT2D eigenvalue weighted by molar-refractivity contribution is -0.878. The molecule has 0 rings (SSSR count). The van der Waals surface area contributed by atoms with E-state index in [1.807, 2.05) is 0 Å². The summed E-state index contributed by atoms with van der Waals surface area (Å²) in [7, 11) is 5.27. The Kier molecular flexibility index (Phi) is 8.02. The van der Waals surface area contributed by atoms with Crippen LogP contribution in [-0.2, 0) is 14.3 Å². The topological polar surface area (TPSA) is 43.4 Å². The van der Waals surface area contributed by atoms with E-state index < -0.39 is 12.0 Å². The van der Waals surface area contributed by atoms with Crippen LogP contribution in [0, 0.1) is 0 Å². The third-order valence-electron chi connectivity index (χ3n) is 1.72. The predicted octanol–water partition coefficient (Wildman–Crippen LogP) is -2.56. The van der Waals surface area contributed by atoms with Crippen molar-refractivity contribution in [1.82, 2.24) is 0 Å². The molecule has 4 nitrogen and oxygen atoms in total. The lowest BCUT2D eigenvalue weighted by Crippen LogP contribution is -3.00. The Balaban J connectivity index is 0. The monoisotopic (exact) mass is 257 g/mol. The third kappa shape index (κ3) is 5.35. The summed E-state index contributed by atoms with van der Waals surface area (Å²) in [6.45, 7) is 1.97. The van der Waals surface area contributed by atoms with Crippen LogP contribution in [-0.4, -0.2) is 55.9 Å². The minimum absolute atomic E-state index is 0. The molecule has 6 heteroatoms. The molecular formula is C9H17Cl2NO3. The van der Waals surface area contributed by atoms with E-state index in [1.54, 1.807) is 28.1 Å². The van der Waals surface area contributed by atoms with Crippen LogP contribution in [0.1, 0.15) is 6.92 Å². The first kappa shape index (κ1) is 17.1. The molecule has 1 atom stereocenters. The van der Waals surface area contributed by atoms with E-state index in [2.05, 4.69) is 0 Å². The highest BCUT2D eigenvalue weighted by Gasteiger charge is 2.39. The van der Waals surface area contributed by atoms with Crippen molar-refractivity contribution >= 4 is 23.4 Å². The number of carbonyl (C=O) groups is 2. The fourth-order valence-electron chi connectivity index (χ4n) is 1.17. The standard InChI is InChI=1S/C9H17ClNO3.ClH/c1-5-14-9(13)8(7(12)6-10)11(2,3)4;/h8H,5-6H2,1-4H3;1H/q+1;/p-1. The van der Waals surface area contributed by atoms with E-state index in [4.69, 9.17) is 16.3 Å². The molecule has 0 heterocycles. The van der Waals surface area contributed by atoms with E-state index in [0.29, 0.717) is 0 Å². The molecule has 0 N–H and O–H groups in total. The highest BCUT2D eigenvalue weighted by atomic mass is 35.5. The summed E-state index contributed by atoms with van der Waals surface area (Å²) in [6.07, 6.45) is 0. The largest absolute Gasteiger partial charge is 1.00 e. The van der Waals surface area contributed by atoms with Crippen molar-refractivity contribution in [2.24, 2.45) is 0 Å². The average molecular weight is 258 g/mol. The Morgan fingerprint density at radius 2 is 1.80 bits per heavy atom. The molecule has 0 aromatic carbocycles. The van der Waals surface area contributed by atoms with E-state index in [0.717, 1.165) is 0 Å². The average Bonchev–Trinajstić information content (AvgIpc) is 2.02. The number of ether oxygens (including phenoxy) is 1. The summed E-state index contributed by atoms with van der Waals surface area (Å²) in [5.41, 5.74) is 0. The number of halogens is 2. The number of nitrogens with zero attached hydrogens (tertiary/aromatic N) is 1. The molecule has 90 valence electrons. The minimum Gasteiger partial charge on any atom is -1.00 e. The quantitative estimate of drug-likeness (QED) is 0.236. The number of Topliss-reactive ketones (excluding diaryl/α,β-unsaturated/α-hetero) is 1. The van der Waals surface area contributed by atoms with Crippen molar-refractivity contribution in [3.05, 3.63) is 0 Å². The normalized spacial score (nSPS) is 12.6. The van der Waals surface area contributed by atoms with Crippen molar-refractivity contribution in [3.8, 4) is 0 Å². The molecule has 1 unspecified atom stereocenters. The number of ketones is 1. The zero-order valence-corrected chi connectivity index (χ0v) is 10.9. The van der Waals surface area contributed by atoms with E-state index in [1.165, 1.54) is 0 Å². The molecular weight excluding hydrogens is 241 g/mol. The summed E-state index contributed by atoms with van der Waals surface area (Å²) >= 11 is 5.43. The highest BCUT2D eigenvalue weighted by molar-refractivity contribution is 6.30. The van der Waals surface area contributed by atoms with Crippen LogP contribution in [0.25, 0.3) is 0 Å². The van der Waals surface area contributed by atoms with Crippen LogP contribution in [0.3, 0.4) is 0 Å². The molecule has 0 aliphatic rings. The maximum atomic E-state index is 11.5. The van der Waals surface area contributed by atoms with Gasteiger partial charge in [-0.3, -0.25) is 4.79 Å². The predicted molar refractivity (Wildman–Crippen MR) is 54.2 cm³/mol. The molecule has 0 radical (unpaired) electrons. The Labute approximate surface area is 102 Å². The highest BCUT2D eigenvalue weighted by Crippen LogP contribution is 2.08. The number of rotatable bonds is 5. The van der Waals surface area contributed by atoms with Gasteiger partial charge in [-0.1, -0.05) is 0 Å². The van der Waals surface area contributed by atoms with Gasteiger partial charge in [0.15, 0.2) is 0 Å². The molecule has 0 aliphatic heterocycles. The van der Waals surface area contributed by atoms with Gasteiger partial charge in [-0.05, 0) is 6.92 Å². The maximum absolute atomic E-state index is 11.5. The molecule has 0 spiro atoms. The van der Waals surface area contributed by atoms with E-state index >= 15 is 0 Å². The first-order valence-electron chi connectivity index (χ1n) is 4.41. The molecule has 0 aromatic rings. The van der Waals surface area contributed by atoms with E-state index in [-0.39, 0.29) is 35.2 Å². The van der Waals surface area contributed by atoms with E-state index in [9.17, 15) is 9.59 Å². The molecule has 0 bridgehead atoms. The van der Waals surface area contributed by atoms with Gasteiger partial charge < -0.3 is 21.6 Å². The molecule has 0 aromatic heterocycles. The molecule has 0 saturated carbocycles. The lowest BCUT2D eigenvalue weighted by Gasteiger charge is -2.30. The van der Waals surface area contributed by atoms with Crippen LogP contribution in [0.4, 0.5) is 0 Å². The number of hydrogen-bond donors (Lipinski definition) is 0. The van der Waals surface area contributed by atoms with Gasteiger partial charge in [-0.2, -0.15) is 0 Å². The number of quaternary nitrogens is 1. The second-order valence-corrected chi connectivity index (χ2v) is 4.14. The Morgan fingerprint density at radius 3 is 2.07 bits per heavy atom. The van der Waals surface area contributed by atoms with Crippen LogP contribution in [0.2, 0.25) is 0 Å². The molecule has 15 heavy (non-hydrogen) atoms. The molecule has 0 aliphatic carbocycles. The molecule has 0 saturated heterocycles. The molecule has 0 fully saturated rings. The fourth-order valence-corrected chi connectivity index (χ4v) is 1.32. The second-order valence-electron chi connectivity index (χ2n) is 3.87.